The van der Waals surface area contributed by atoms with Crippen molar-refractivity contribution >= 4 is 12.1 Å². The van der Waals surface area contributed by atoms with Crippen molar-refractivity contribution < 1.29 is 24.5 Å². The third kappa shape index (κ3) is 4.89. The van der Waals surface area contributed by atoms with E-state index in [0.29, 0.717) is 5.56 Å². The monoisotopic (exact) mass is 281 g/mol. The van der Waals surface area contributed by atoms with E-state index in [1.165, 1.54) is 0 Å². The summed E-state index contributed by atoms with van der Waals surface area (Å²) < 4.78 is 4.91. The van der Waals surface area contributed by atoms with Crippen molar-refractivity contribution in [1.82, 2.24) is 5.32 Å². The minimum Gasteiger partial charge on any atom is -0.479 e. The van der Waals surface area contributed by atoms with Crippen molar-refractivity contribution in [2.75, 3.05) is 6.61 Å². The Morgan fingerprint density at radius 2 is 1.95 bits per heavy atom. The Kier molecular flexibility index (Phi) is 6.52. The molecule has 0 unspecified atom stereocenters. The summed E-state index contributed by atoms with van der Waals surface area (Å²) in [5.41, 5.74) is 0.495. The third-order valence-corrected chi connectivity index (χ3v) is 2.73. The van der Waals surface area contributed by atoms with Crippen molar-refractivity contribution in [3.8, 4) is 0 Å². The van der Waals surface area contributed by atoms with Crippen LogP contribution in [0.5, 0.6) is 0 Å². The number of carboxylic acids is 1. The maximum Gasteiger partial charge on any atom is 0.407 e. The smallest absolute Gasteiger partial charge is 0.407 e. The first kappa shape index (κ1) is 16.0. The van der Waals surface area contributed by atoms with Gasteiger partial charge in [0.1, 0.15) is 0 Å². The van der Waals surface area contributed by atoms with E-state index in [9.17, 15) is 14.7 Å². The van der Waals surface area contributed by atoms with Gasteiger partial charge in [0.25, 0.3) is 0 Å². The number of aliphatic carboxylic acids is 1. The highest BCUT2D eigenvalue weighted by atomic mass is 16.5. The second-order valence-electron chi connectivity index (χ2n) is 4.31. The summed E-state index contributed by atoms with van der Waals surface area (Å²) in [6.07, 6.45) is -0.873. The fourth-order valence-electron chi connectivity index (χ4n) is 1.63. The second kappa shape index (κ2) is 8.16. The van der Waals surface area contributed by atoms with Crippen LogP contribution in [0.4, 0.5) is 4.79 Å². The standard InChI is InChI=1S/C14H19NO5/c1-2-3-9-20-14(19)15-11(12(16)13(17)18)10-7-5-4-6-8-10/h4-8,11-12,16H,2-3,9H2,1H3,(H,15,19)(H,17,18)/t11-,12+/m0/s1. The highest BCUT2D eigenvalue weighted by molar-refractivity contribution is 5.75. The Hall–Kier alpha value is -2.08. The summed E-state index contributed by atoms with van der Waals surface area (Å²) in [6, 6.07) is 7.35. The first-order chi connectivity index (χ1) is 9.56. The van der Waals surface area contributed by atoms with E-state index in [0.717, 1.165) is 12.8 Å². The summed E-state index contributed by atoms with van der Waals surface area (Å²) in [5.74, 6) is -1.41. The molecule has 0 fully saturated rings. The maximum atomic E-state index is 11.6. The number of hydrogen-bond acceptors (Lipinski definition) is 4. The van der Waals surface area contributed by atoms with Crippen molar-refractivity contribution in [3.05, 3.63) is 35.9 Å². The van der Waals surface area contributed by atoms with Crippen LogP contribution in [0.3, 0.4) is 0 Å². The number of hydrogen-bond donors (Lipinski definition) is 3. The zero-order valence-corrected chi connectivity index (χ0v) is 11.3. The predicted molar refractivity (Wildman–Crippen MR) is 72.2 cm³/mol. The van der Waals surface area contributed by atoms with Crippen LogP contribution in [0.1, 0.15) is 31.4 Å². The zero-order chi connectivity index (χ0) is 15.0. The van der Waals surface area contributed by atoms with E-state index in [4.69, 9.17) is 9.84 Å². The lowest BCUT2D eigenvalue weighted by molar-refractivity contribution is -0.148. The van der Waals surface area contributed by atoms with Crippen LogP contribution < -0.4 is 5.32 Å². The average Bonchev–Trinajstić information content (AvgIpc) is 2.45. The molecule has 0 saturated carbocycles. The van der Waals surface area contributed by atoms with Crippen LogP contribution in [0.2, 0.25) is 0 Å². The molecule has 2 atom stereocenters. The molecule has 110 valence electrons. The lowest BCUT2D eigenvalue weighted by Gasteiger charge is -2.21. The van der Waals surface area contributed by atoms with Crippen LogP contribution >= 0.6 is 0 Å². The molecule has 0 radical (unpaired) electrons. The molecule has 20 heavy (non-hydrogen) atoms. The van der Waals surface area contributed by atoms with E-state index < -0.39 is 24.2 Å². The van der Waals surface area contributed by atoms with E-state index in [1.54, 1.807) is 30.3 Å². The topological polar surface area (TPSA) is 95.9 Å². The van der Waals surface area contributed by atoms with Crippen LogP contribution in [-0.2, 0) is 9.53 Å². The largest absolute Gasteiger partial charge is 0.479 e. The highest BCUT2D eigenvalue weighted by Gasteiger charge is 2.29. The number of carboxylic acid groups (broad SMARTS) is 1. The Morgan fingerprint density at radius 3 is 2.50 bits per heavy atom. The molecule has 1 aromatic rings. The molecular weight excluding hydrogens is 262 g/mol. The number of rotatable bonds is 7. The molecule has 1 aromatic carbocycles. The molecule has 1 rings (SSSR count). The Balaban J connectivity index is 2.74. The SMILES string of the molecule is CCCCOC(=O)N[C@@H](c1ccccc1)[C@@H](O)C(=O)O. The fraction of sp³-hybridized carbons (Fsp3) is 0.429. The van der Waals surface area contributed by atoms with E-state index in [2.05, 4.69) is 5.32 Å². The fourth-order valence-corrected chi connectivity index (χ4v) is 1.63. The van der Waals surface area contributed by atoms with Crippen molar-refractivity contribution in [3.63, 3.8) is 0 Å². The van der Waals surface area contributed by atoms with Gasteiger partial charge in [-0.3, -0.25) is 0 Å². The molecule has 6 nitrogen and oxygen atoms in total. The number of unbranched alkanes of at least 4 members (excludes halogenated alkanes) is 1. The van der Waals surface area contributed by atoms with Gasteiger partial charge in [-0.15, -0.1) is 0 Å². The van der Waals surface area contributed by atoms with Crippen molar-refractivity contribution in [1.29, 1.82) is 0 Å². The number of carbonyl (C=O) groups is 2. The van der Waals surface area contributed by atoms with Crippen molar-refractivity contribution in [2.24, 2.45) is 0 Å². The summed E-state index contributed by atoms with van der Waals surface area (Å²) in [6.45, 7) is 2.22. The molecule has 0 aliphatic heterocycles. The molecule has 6 heteroatoms. The van der Waals surface area contributed by atoms with Crippen LogP contribution in [0, 0.1) is 0 Å². The van der Waals surface area contributed by atoms with Gasteiger partial charge >= 0.3 is 12.1 Å². The second-order valence-corrected chi connectivity index (χ2v) is 4.31. The molecular formula is C14H19NO5. The molecule has 0 aliphatic carbocycles. The number of aliphatic hydroxyl groups excluding tert-OH is 1. The molecule has 1 amide bonds. The number of alkyl carbamates (subject to hydrolysis) is 1. The van der Waals surface area contributed by atoms with Gasteiger partial charge in [0.2, 0.25) is 0 Å². The zero-order valence-electron chi connectivity index (χ0n) is 11.3. The predicted octanol–water partition coefficient (Wildman–Crippen LogP) is 1.70. The Bertz CT molecular complexity index is 434. The van der Waals surface area contributed by atoms with E-state index >= 15 is 0 Å². The summed E-state index contributed by atoms with van der Waals surface area (Å²) in [5, 5.41) is 21.0. The minimum atomic E-state index is -1.74. The lowest BCUT2D eigenvalue weighted by Crippen LogP contribution is -2.40. The van der Waals surface area contributed by atoms with Gasteiger partial charge in [-0.2, -0.15) is 0 Å². The lowest BCUT2D eigenvalue weighted by atomic mass is 10.0. The Morgan fingerprint density at radius 1 is 1.30 bits per heavy atom. The normalized spacial score (nSPS) is 13.3. The van der Waals surface area contributed by atoms with Crippen LogP contribution in [0.15, 0.2) is 30.3 Å². The number of benzene rings is 1. The molecule has 0 bridgehead atoms. The molecule has 0 saturated heterocycles. The quantitative estimate of drug-likeness (QED) is 0.661. The minimum absolute atomic E-state index is 0.257. The van der Waals surface area contributed by atoms with Gasteiger partial charge in [0, 0.05) is 0 Å². The van der Waals surface area contributed by atoms with E-state index in [-0.39, 0.29) is 6.61 Å². The average molecular weight is 281 g/mol. The first-order valence-corrected chi connectivity index (χ1v) is 6.45. The van der Waals surface area contributed by atoms with Crippen LogP contribution in [-0.4, -0.2) is 35.0 Å². The highest BCUT2D eigenvalue weighted by Crippen LogP contribution is 2.17. The number of nitrogens with one attached hydrogen (secondary N) is 1. The van der Waals surface area contributed by atoms with Crippen molar-refractivity contribution in [2.45, 2.75) is 31.9 Å². The molecule has 0 aliphatic rings. The van der Waals surface area contributed by atoms with E-state index in [1.807, 2.05) is 6.92 Å². The van der Waals surface area contributed by atoms with Gasteiger partial charge in [0.15, 0.2) is 6.10 Å². The number of aliphatic hydroxyl groups is 1. The van der Waals surface area contributed by atoms with Gasteiger partial charge < -0.3 is 20.3 Å². The Labute approximate surface area is 117 Å². The number of ether oxygens (including phenoxy) is 1. The molecule has 0 spiro atoms. The van der Waals surface area contributed by atoms with Gasteiger partial charge in [-0.25, -0.2) is 9.59 Å². The van der Waals surface area contributed by atoms with Crippen LogP contribution in [0.25, 0.3) is 0 Å². The number of amides is 1. The maximum absolute atomic E-state index is 11.6. The van der Waals surface area contributed by atoms with Gasteiger partial charge in [-0.05, 0) is 12.0 Å². The third-order valence-electron chi connectivity index (χ3n) is 2.73. The first-order valence-electron chi connectivity index (χ1n) is 6.45. The molecule has 0 aromatic heterocycles. The summed E-state index contributed by atoms with van der Waals surface area (Å²) >= 11 is 0. The molecule has 0 heterocycles. The van der Waals surface area contributed by atoms with Gasteiger partial charge in [0.05, 0.1) is 12.6 Å². The summed E-state index contributed by atoms with van der Waals surface area (Å²) in [4.78, 5) is 22.5. The summed E-state index contributed by atoms with van der Waals surface area (Å²) in [7, 11) is 0. The van der Waals surface area contributed by atoms with Gasteiger partial charge in [-0.1, -0.05) is 43.7 Å². The molecule has 3 N–H and O–H groups in total. The number of carbonyl (C=O) groups excluding carboxylic acids is 1.